The number of nitrogens with zero attached hydrogens (tertiary/aromatic N) is 2. The molecular formula is C32H41N3O6. The van der Waals surface area contributed by atoms with Crippen LogP contribution in [0.4, 0.5) is 0 Å². The van der Waals surface area contributed by atoms with Crippen LogP contribution in [0, 0.1) is 5.92 Å². The first kappa shape index (κ1) is 30.2. The highest BCUT2D eigenvalue weighted by Gasteiger charge is 2.51. The zero-order valence-corrected chi connectivity index (χ0v) is 24.2. The number of esters is 2. The Bertz CT molecular complexity index is 1190. The average Bonchev–Trinajstić information content (AvgIpc) is 3.38. The first-order valence-electron chi connectivity index (χ1n) is 14.6. The molecule has 1 N–H and O–H groups in total. The fourth-order valence-electron chi connectivity index (χ4n) is 5.98. The summed E-state index contributed by atoms with van der Waals surface area (Å²) in [5, 5.41) is 3.20. The molecule has 0 bridgehead atoms. The number of fused-ring (bicyclic) bond motifs is 1. The summed E-state index contributed by atoms with van der Waals surface area (Å²) >= 11 is 0. The highest BCUT2D eigenvalue weighted by atomic mass is 16.5. The van der Waals surface area contributed by atoms with Crippen LogP contribution in [0.1, 0.15) is 56.0 Å². The summed E-state index contributed by atoms with van der Waals surface area (Å²) in [5.41, 5.74) is 1.67. The van der Waals surface area contributed by atoms with Crippen molar-refractivity contribution in [2.75, 3.05) is 26.3 Å². The van der Waals surface area contributed by atoms with Crippen molar-refractivity contribution < 1.29 is 28.7 Å². The number of benzene rings is 2. The minimum Gasteiger partial charge on any atom is -0.465 e. The van der Waals surface area contributed by atoms with E-state index in [2.05, 4.69) is 5.32 Å². The predicted molar refractivity (Wildman–Crippen MR) is 154 cm³/mol. The van der Waals surface area contributed by atoms with Gasteiger partial charge in [-0.2, -0.15) is 0 Å². The van der Waals surface area contributed by atoms with E-state index in [1.165, 1.54) is 0 Å². The first-order valence-corrected chi connectivity index (χ1v) is 14.6. The Hall–Kier alpha value is -3.72. The van der Waals surface area contributed by atoms with E-state index in [1.807, 2.05) is 48.5 Å². The van der Waals surface area contributed by atoms with Gasteiger partial charge in [0, 0.05) is 18.7 Å². The maximum atomic E-state index is 14.1. The standard InChI is InChI=1S/C32H41N3O6/c1-4-40-31(38)26(17-16-23-12-8-6-9-13-23)33-22(3)29(36)35-27(32(39)41-5-2)20-25-18-19-34(21-28(25)35)30(37)24-14-10-7-11-15-24/h6-15,22,25-28,33H,4-5,16-21H2,1-3H3/t22-,25-,26-,27-,28+/m1/s1. The van der Waals surface area contributed by atoms with Crippen LogP contribution >= 0.6 is 0 Å². The second-order valence-corrected chi connectivity index (χ2v) is 10.7. The quantitative estimate of drug-likeness (QED) is 0.419. The van der Waals surface area contributed by atoms with Crippen molar-refractivity contribution in [3.05, 3.63) is 71.8 Å². The van der Waals surface area contributed by atoms with Gasteiger partial charge in [-0.05, 0) is 70.1 Å². The lowest BCUT2D eigenvalue weighted by Gasteiger charge is -2.40. The molecule has 4 rings (SSSR count). The smallest absolute Gasteiger partial charge is 0.328 e. The number of piperidine rings is 1. The third-order valence-electron chi connectivity index (χ3n) is 8.02. The topological polar surface area (TPSA) is 105 Å². The molecule has 2 heterocycles. The Morgan fingerprint density at radius 1 is 0.951 bits per heavy atom. The molecule has 0 spiro atoms. The van der Waals surface area contributed by atoms with Crippen LogP contribution in [0.15, 0.2) is 60.7 Å². The van der Waals surface area contributed by atoms with Gasteiger partial charge in [0.05, 0.1) is 25.3 Å². The minimum atomic E-state index is -0.768. The van der Waals surface area contributed by atoms with Crippen molar-refractivity contribution in [1.29, 1.82) is 0 Å². The van der Waals surface area contributed by atoms with Gasteiger partial charge >= 0.3 is 11.9 Å². The maximum Gasteiger partial charge on any atom is 0.328 e. The zero-order chi connectivity index (χ0) is 29.4. The molecule has 0 aromatic heterocycles. The molecule has 0 radical (unpaired) electrons. The predicted octanol–water partition coefficient (Wildman–Crippen LogP) is 3.22. The monoisotopic (exact) mass is 563 g/mol. The van der Waals surface area contributed by atoms with Crippen LogP contribution in [0.25, 0.3) is 0 Å². The number of hydrogen-bond acceptors (Lipinski definition) is 7. The minimum absolute atomic E-state index is 0.0688. The molecule has 220 valence electrons. The van der Waals surface area contributed by atoms with Crippen molar-refractivity contribution in [3.8, 4) is 0 Å². The summed E-state index contributed by atoms with van der Waals surface area (Å²) in [4.78, 5) is 56.6. The van der Waals surface area contributed by atoms with Gasteiger partial charge in [-0.3, -0.25) is 19.7 Å². The highest BCUT2D eigenvalue weighted by molar-refractivity contribution is 5.94. The maximum absolute atomic E-state index is 14.1. The van der Waals surface area contributed by atoms with Crippen LogP contribution in [0.5, 0.6) is 0 Å². The normalized spacial score (nSPS) is 21.5. The first-order chi connectivity index (χ1) is 19.8. The molecule has 2 aromatic carbocycles. The Labute approximate surface area is 242 Å². The molecule has 9 nitrogen and oxygen atoms in total. The van der Waals surface area contributed by atoms with E-state index < -0.39 is 30.1 Å². The lowest BCUT2D eigenvalue weighted by atomic mass is 9.91. The van der Waals surface area contributed by atoms with Gasteiger partial charge in [-0.1, -0.05) is 48.5 Å². The third-order valence-corrected chi connectivity index (χ3v) is 8.02. The summed E-state index contributed by atoms with van der Waals surface area (Å²) in [6, 6.07) is 16.4. The number of carbonyl (C=O) groups excluding carboxylic acids is 4. The largest absolute Gasteiger partial charge is 0.465 e. The summed E-state index contributed by atoms with van der Waals surface area (Å²) in [7, 11) is 0. The SMILES string of the molecule is CCOC(=O)[C@H]1C[C@H]2CCN(C(=O)c3ccccc3)C[C@@H]2N1C(=O)[C@@H](C)N[C@H](CCc1ccccc1)C(=O)OCC. The van der Waals surface area contributed by atoms with Crippen molar-refractivity contribution >= 4 is 23.8 Å². The summed E-state index contributed by atoms with van der Waals surface area (Å²) in [5.74, 6) is -1.17. The van der Waals surface area contributed by atoms with E-state index in [9.17, 15) is 19.2 Å². The van der Waals surface area contributed by atoms with Gasteiger partial charge in [0.1, 0.15) is 12.1 Å². The number of likely N-dealkylation sites (tertiary alicyclic amines) is 2. The molecule has 0 saturated carbocycles. The van der Waals surface area contributed by atoms with Crippen LogP contribution in [0.2, 0.25) is 0 Å². The Kier molecular flexibility index (Phi) is 10.5. The van der Waals surface area contributed by atoms with E-state index in [4.69, 9.17) is 9.47 Å². The Morgan fingerprint density at radius 3 is 2.27 bits per heavy atom. The molecule has 2 aliphatic rings. The molecule has 2 amide bonds. The van der Waals surface area contributed by atoms with Gasteiger partial charge in [-0.25, -0.2) is 4.79 Å². The van der Waals surface area contributed by atoms with Crippen molar-refractivity contribution in [2.24, 2.45) is 5.92 Å². The number of rotatable bonds is 11. The van der Waals surface area contributed by atoms with Gasteiger partial charge in [0.15, 0.2) is 0 Å². The summed E-state index contributed by atoms with van der Waals surface area (Å²) in [6.45, 7) is 6.54. The fraction of sp³-hybridized carbons (Fsp3) is 0.500. The molecule has 5 atom stereocenters. The second kappa shape index (κ2) is 14.3. The molecule has 0 unspecified atom stereocenters. The third kappa shape index (κ3) is 7.33. The number of amides is 2. The fourth-order valence-corrected chi connectivity index (χ4v) is 5.98. The molecule has 2 aliphatic heterocycles. The molecule has 2 aromatic rings. The van der Waals surface area contributed by atoms with Crippen LogP contribution in [-0.2, 0) is 30.3 Å². The zero-order valence-electron chi connectivity index (χ0n) is 24.2. The molecule has 2 fully saturated rings. The highest BCUT2D eigenvalue weighted by Crippen LogP contribution is 2.37. The van der Waals surface area contributed by atoms with Crippen molar-refractivity contribution in [1.82, 2.24) is 15.1 Å². The number of nitrogens with one attached hydrogen (secondary N) is 1. The van der Waals surface area contributed by atoms with Gasteiger partial charge in [-0.15, -0.1) is 0 Å². The molecule has 9 heteroatoms. The van der Waals surface area contributed by atoms with Crippen LogP contribution < -0.4 is 5.32 Å². The van der Waals surface area contributed by atoms with Crippen molar-refractivity contribution in [3.63, 3.8) is 0 Å². The number of carbonyl (C=O) groups is 4. The second-order valence-electron chi connectivity index (χ2n) is 10.7. The van der Waals surface area contributed by atoms with E-state index in [1.54, 1.807) is 42.7 Å². The molecular weight excluding hydrogens is 522 g/mol. The molecule has 41 heavy (non-hydrogen) atoms. The average molecular weight is 564 g/mol. The summed E-state index contributed by atoms with van der Waals surface area (Å²) in [6.07, 6.45) is 2.26. The number of hydrogen-bond donors (Lipinski definition) is 1. The Balaban J connectivity index is 1.52. The van der Waals surface area contributed by atoms with E-state index in [0.717, 1.165) is 5.56 Å². The van der Waals surface area contributed by atoms with Gasteiger partial charge in [0.25, 0.3) is 5.91 Å². The van der Waals surface area contributed by atoms with E-state index in [-0.39, 0.29) is 37.0 Å². The van der Waals surface area contributed by atoms with Crippen LogP contribution in [-0.4, -0.2) is 84.0 Å². The molecule has 2 saturated heterocycles. The molecule has 0 aliphatic carbocycles. The van der Waals surface area contributed by atoms with Crippen molar-refractivity contribution in [2.45, 2.75) is 70.6 Å². The lowest BCUT2D eigenvalue weighted by molar-refractivity contribution is -0.155. The summed E-state index contributed by atoms with van der Waals surface area (Å²) < 4.78 is 10.7. The van der Waals surface area contributed by atoms with E-state index in [0.29, 0.717) is 44.3 Å². The van der Waals surface area contributed by atoms with E-state index >= 15 is 0 Å². The van der Waals surface area contributed by atoms with Crippen LogP contribution in [0.3, 0.4) is 0 Å². The van der Waals surface area contributed by atoms with Gasteiger partial charge < -0.3 is 19.3 Å². The lowest BCUT2D eigenvalue weighted by Crippen LogP contribution is -2.59. The number of aryl methyl sites for hydroxylation is 1. The number of ether oxygens (including phenoxy) is 2. The van der Waals surface area contributed by atoms with Gasteiger partial charge in [0.2, 0.25) is 5.91 Å². The Morgan fingerprint density at radius 2 is 1.61 bits per heavy atom.